The van der Waals surface area contributed by atoms with Crippen LogP contribution < -0.4 is 4.72 Å². The van der Waals surface area contributed by atoms with E-state index >= 15 is 0 Å². The fraction of sp³-hybridized carbons (Fsp3) is 0.714. The van der Waals surface area contributed by atoms with E-state index in [1.165, 1.54) is 0 Å². The predicted molar refractivity (Wildman–Crippen MR) is 81.5 cm³/mol. The van der Waals surface area contributed by atoms with Gasteiger partial charge in [-0.05, 0) is 38.9 Å². The summed E-state index contributed by atoms with van der Waals surface area (Å²) in [6.07, 6.45) is 3.48. The second-order valence-corrected chi connectivity index (χ2v) is 7.18. The van der Waals surface area contributed by atoms with Gasteiger partial charge in [0.25, 0.3) is 0 Å². The van der Waals surface area contributed by atoms with Crippen molar-refractivity contribution in [3.05, 3.63) is 18.0 Å². The molecular weight excluding hydrogens is 290 g/mol. The minimum atomic E-state index is -3.52. The van der Waals surface area contributed by atoms with E-state index in [-0.39, 0.29) is 17.5 Å². The summed E-state index contributed by atoms with van der Waals surface area (Å²) < 4.78 is 29.5. The largest absolute Gasteiger partial charge is 0.390 e. The first kappa shape index (κ1) is 16.5. The van der Waals surface area contributed by atoms with Crippen LogP contribution in [0.3, 0.4) is 0 Å². The van der Waals surface area contributed by atoms with Gasteiger partial charge in [-0.25, -0.2) is 13.1 Å². The zero-order valence-electron chi connectivity index (χ0n) is 12.7. The summed E-state index contributed by atoms with van der Waals surface area (Å²) in [6.45, 7) is 7.23. The maximum absolute atomic E-state index is 12.5. The van der Waals surface area contributed by atoms with Crippen molar-refractivity contribution in [3.8, 4) is 0 Å². The molecular formula is C14H25N3O3S. The Morgan fingerprint density at radius 3 is 2.71 bits per heavy atom. The molecule has 6 nitrogen and oxygen atoms in total. The minimum Gasteiger partial charge on any atom is -0.390 e. The molecule has 1 fully saturated rings. The normalized spacial score (nSPS) is 20.8. The summed E-state index contributed by atoms with van der Waals surface area (Å²) in [5, 5.41) is 9.27. The summed E-state index contributed by atoms with van der Waals surface area (Å²) >= 11 is 0. The lowest BCUT2D eigenvalue weighted by atomic mass is 10.1. The number of sulfonamides is 1. The number of nitrogens with zero attached hydrogens (tertiary/aromatic N) is 2. The fourth-order valence-electron chi connectivity index (χ4n) is 2.83. The van der Waals surface area contributed by atoms with E-state index in [9.17, 15) is 13.5 Å². The summed E-state index contributed by atoms with van der Waals surface area (Å²) in [4.78, 5) is 2.49. The topological polar surface area (TPSA) is 74.6 Å². The van der Waals surface area contributed by atoms with Crippen LogP contribution in [0.4, 0.5) is 0 Å². The Kier molecular flexibility index (Phi) is 5.43. The van der Waals surface area contributed by atoms with E-state index in [1.54, 1.807) is 16.8 Å². The molecule has 21 heavy (non-hydrogen) atoms. The number of aryl methyl sites for hydroxylation is 1. The molecule has 0 bridgehead atoms. The number of likely N-dealkylation sites (N-methyl/N-ethyl adjacent to an activating group) is 1. The van der Waals surface area contributed by atoms with Crippen LogP contribution in [0.15, 0.2) is 17.2 Å². The standard InChI is InChI=1S/C14H25N3O3S/c1-3-16-7-5-6-12(9-16)15-21(19,20)14-8-13(11-18)17(4-2)10-14/h8,10,12,15,18H,3-7,9,11H2,1-2H3. The lowest BCUT2D eigenvalue weighted by Crippen LogP contribution is -2.47. The van der Waals surface area contributed by atoms with Crippen LogP contribution in [-0.4, -0.2) is 48.7 Å². The molecule has 1 aliphatic heterocycles. The predicted octanol–water partition coefficient (Wildman–Crippen LogP) is 0.763. The highest BCUT2D eigenvalue weighted by atomic mass is 32.2. The molecule has 1 unspecified atom stereocenters. The zero-order valence-corrected chi connectivity index (χ0v) is 13.6. The maximum atomic E-state index is 12.5. The SMILES string of the molecule is CCN1CCCC(NS(=O)(=O)c2cc(CO)n(CC)c2)C1. The number of hydrogen-bond acceptors (Lipinski definition) is 4. The molecule has 1 aromatic heterocycles. The van der Waals surface area contributed by atoms with Crippen LogP contribution in [-0.2, 0) is 23.2 Å². The van der Waals surface area contributed by atoms with E-state index in [0.717, 1.165) is 32.5 Å². The Labute approximate surface area is 126 Å². The first-order valence-corrected chi connectivity index (χ1v) is 9.03. The second kappa shape index (κ2) is 6.91. The highest BCUT2D eigenvalue weighted by Crippen LogP contribution is 2.17. The number of aliphatic hydroxyl groups excluding tert-OH is 1. The quantitative estimate of drug-likeness (QED) is 0.813. The molecule has 0 aliphatic carbocycles. The summed E-state index contributed by atoms with van der Waals surface area (Å²) in [7, 11) is -3.52. The smallest absolute Gasteiger partial charge is 0.242 e. The maximum Gasteiger partial charge on any atom is 0.242 e. The van der Waals surface area contributed by atoms with Gasteiger partial charge in [0.15, 0.2) is 0 Å². The molecule has 0 aromatic carbocycles. The van der Waals surface area contributed by atoms with Gasteiger partial charge in [0.2, 0.25) is 10.0 Å². The Bertz CT molecular complexity index is 547. The number of rotatable bonds is 6. The molecule has 2 N–H and O–H groups in total. The molecule has 0 spiro atoms. The average Bonchev–Trinajstić information content (AvgIpc) is 2.91. The van der Waals surface area contributed by atoms with Crippen LogP contribution in [0.2, 0.25) is 0 Å². The number of piperidine rings is 1. The van der Waals surface area contributed by atoms with Crippen LogP contribution in [0.25, 0.3) is 0 Å². The van der Waals surface area contributed by atoms with Gasteiger partial charge in [0, 0.05) is 31.0 Å². The van der Waals surface area contributed by atoms with E-state index in [0.29, 0.717) is 12.2 Å². The lowest BCUT2D eigenvalue weighted by molar-refractivity contribution is 0.211. The first-order valence-electron chi connectivity index (χ1n) is 7.54. The monoisotopic (exact) mass is 315 g/mol. The first-order chi connectivity index (χ1) is 10.00. The zero-order chi connectivity index (χ0) is 15.5. The average molecular weight is 315 g/mol. The van der Waals surface area contributed by atoms with Crippen molar-refractivity contribution in [1.82, 2.24) is 14.2 Å². The van der Waals surface area contributed by atoms with Gasteiger partial charge in [0.05, 0.1) is 11.5 Å². The molecule has 7 heteroatoms. The van der Waals surface area contributed by atoms with Gasteiger partial charge in [-0.3, -0.25) is 0 Å². The molecule has 0 saturated carbocycles. The minimum absolute atomic E-state index is 0.0359. The molecule has 120 valence electrons. The van der Waals surface area contributed by atoms with Crippen molar-refractivity contribution < 1.29 is 13.5 Å². The molecule has 1 atom stereocenters. The number of likely N-dealkylation sites (tertiary alicyclic amines) is 1. The van der Waals surface area contributed by atoms with E-state index < -0.39 is 10.0 Å². The van der Waals surface area contributed by atoms with Crippen LogP contribution >= 0.6 is 0 Å². The molecule has 2 heterocycles. The molecule has 1 aliphatic rings. The van der Waals surface area contributed by atoms with Gasteiger partial charge in [0.1, 0.15) is 0 Å². The number of aliphatic hydroxyl groups is 1. The van der Waals surface area contributed by atoms with Gasteiger partial charge in [-0.1, -0.05) is 6.92 Å². The summed E-state index contributed by atoms with van der Waals surface area (Å²) in [6, 6.07) is 1.51. The van der Waals surface area contributed by atoms with Crippen molar-refractivity contribution in [2.24, 2.45) is 0 Å². The van der Waals surface area contributed by atoms with Gasteiger partial charge < -0.3 is 14.6 Å². The summed E-state index contributed by atoms with van der Waals surface area (Å²) in [5.41, 5.74) is 0.622. The van der Waals surface area contributed by atoms with Gasteiger partial charge in [-0.15, -0.1) is 0 Å². The van der Waals surface area contributed by atoms with Crippen LogP contribution in [0.5, 0.6) is 0 Å². The van der Waals surface area contributed by atoms with Crippen molar-refractivity contribution in [1.29, 1.82) is 0 Å². The summed E-state index contributed by atoms with van der Waals surface area (Å²) in [5.74, 6) is 0. The lowest BCUT2D eigenvalue weighted by Gasteiger charge is -2.31. The van der Waals surface area contributed by atoms with E-state index in [2.05, 4.69) is 16.5 Å². The van der Waals surface area contributed by atoms with Gasteiger partial charge in [-0.2, -0.15) is 0 Å². The highest BCUT2D eigenvalue weighted by Gasteiger charge is 2.25. The third-order valence-electron chi connectivity index (χ3n) is 4.05. The molecule has 0 amide bonds. The van der Waals surface area contributed by atoms with Crippen molar-refractivity contribution in [2.45, 2.75) is 50.8 Å². The van der Waals surface area contributed by atoms with Gasteiger partial charge >= 0.3 is 0 Å². The number of aromatic nitrogens is 1. The number of hydrogen-bond donors (Lipinski definition) is 2. The second-order valence-electron chi connectivity index (χ2n) is 5.46. The van der Waals surface area contributed by atoms with Crippen molar-refractivity contribution in [2.75, 3.05) is 19.6 Å². The Hall–Kier alpha value is -0.890. The van der Waals surface area contributed by atoms with Crippen LogP contribution in [0, 0.1) is 0 Å². The van der Waals surface area contributed by atoms with Crippen molar-refractivity contribution in [3.63, 3.8) is 0 Å². The molecule has 1 saturated heterocycles. The van der Waals surface area contributed by atoms with Crippen LogP contribution in [0.1, 0.15) is 32.4 Å². The molecule has 0 radical (unpaired) electrons. The Balaban J connectivity index is 2.12. The fourth-order valence-corrected chi connectivity index (χ4v) is 4.15. The Morgan fingerprint density at radius 1 is 1.38 bits per heavy atom. The third-order valence-corrected chi connectivity index (χ3v) is 5.54. The molecule has 1 aromatic rings. The third kappa shape index (κ3) is 3.85. The van der Waals surface area contributed by atoms with E-state index in [4.69, 9.17) is 0 Å². The number of nitrogens with one attached hydrogen (secondary N) is 1. The van der Waals surface area contributed by atoms with Crippen molar-refractivity contribution >= 4 is 10.0 Å². The highest BCUT2D eigenvalue weighted by molar-refractivity contribution is 7.89. The molecule has 2 rings (SSSR count). The van der Waals surface area contributed by atoms with E-state index in [1.807, 2.05) is 6.92 Å². The Morgan fingerprint density at radius 2 is 2.14 bits per heavy atom.